The minimum atomic E-state index is -0.103. The minimum Gasteiger partial charge on any atom is -0.494 e. The van der Waals surface area contributed by atoms with Crippen LogP contribution in [-0.4, -0.2) is 57.5 Å². The summed E-state index contributed by atoms with van der Waals surface area (Å²) in [5.41, 5.74) is 1.38. The molecule has 3 aromatic rings. The molecule has 0 aliphatic carbocycles. The number of carbonyl (C=O) groups is 1. The first-order chi connectivity index (χ1) is 16.9. The third kappa shape index (κ3) is 5.25. The van der Waals surface area contributed by atoms with Gasteiger partial charge in [-0.05, 0) is 63.6 Å². The van der Waals surface area contributed by atoms with Crippen molar-refractivity contribution >= 4 is 16.8 Å². The first-order valence-corrected chi connectivity index (χ1v) is 12.7. The van der Waals surface area contributed by atoms with Crippen LogP contribution in [0.3, 0.4) is 0 Å². The molecule has 1 aliphatic heterocycles. The molecule has 1 saturated heterocycles. The molecule has 4 rings (SSSR count). The molecule has 2 atom stereocenters. The van der Waals surface area contributed by atoms with Crippen molar-refractivity contribution in [2.24, 2.45) is 0 Å². The van der Waals surface area contributed by atoms with Gasteiger partial charge in [-0.3, -0.25) is 19.1 Å². The Morgan fingerprint density at radius 2 is 1.86 bits per heavy atom. The van der Waals surface area contributed by atoms with Crippen LogP contribution in [0.25, 0.3) is 16.6 Å². The monoisotopic (exact) mass is 476 g/mol. The zero-order valence-electron chi connectivity index (χ0n) is 21.2. The summed E-state index contributed by atoms with van der Waals surface area (Å²) >= 11 is 0. The van der Waals surface area contributed by atoms with Crippen LogP contribution in [0.15, 0.2) is 53.3 Å². The van der Waals surface area contributed by atoms with E-state index in [1.807, 2.05) is 60.4 Å². The van der Waals surface area contributed by atoms with E-state index in [4.69, 9.17) is 9.72 Å². The van der Waals surface area contributed by atoms with Crippen molar-refractivity contribution in [1.82, 2.24) is 19.4 Å². The van der Waals surface area contributed by atoms with Gasteiger partial charge in [-0.15, -0.1) is 0 Å². The van der Waals surface area contributed by atoms with E-state index < -0.39 is 0 Å². The van der Waals surface area contributed by atoms with E-state index in [2.05, 4.69) is 25.7 Å². The highest BCUT2D eigenvalue weighted by Gasteiger charge is 2.31. The quantitative estimate of drug-likeness (QED) is 0.477. The molecule has 7 nitrogen and oxygen atoms in total. The van der Waals surface area contributed by atoms with Gasteiger partial charge in [-0.1, -0.05) is 25.5 Å². The fourth-order valence-corrected chi connectivity index (χ4v) is 4.88. The molecule has 186 valence electrons. The van der Waals surface area contributed by atoms with Gasteiger partial charge in [0.05, 0.1) is 29.2 Å². The van der Waals surface area contributed by atoms with Gasteiger partial charge >= 0.3 is 0 Å². The predicted octanol–water partition coefficient (Wildman–Crippen LogP) is 4.57. The Hall–Kier alpha value is -3.19. The van der Waals surface area contributed by atoms with Crippen LogP contribution in [0.5, 0.6) is 5.75 Å². The molecule has 1 amide bonds. The molecule has 2 unspecified atom stereocenters. The van der Waals surface area contributed by atoms with Crippen molar-refractivity contribution in [1.29, 1.82) is 0 Å². The van der Waals surface area contributed by atoms with Gasteiger partial charge in [0.1, 0.15) is 11.6 Å². The number of amides is 1. The molecule has 35 heavy (non-hydrogen) atoms. The number of rotatable bonds is 8. The summed E-state index contributed by atoms with van der Waals surface area (Å²) in [7, 11) is 0. The largest absolute Gasteiger partial charge is 0.494 e. The Balaban J connectivity index is 1.68. The highest BCUT2D eigenvalue weighted by atomic mass is 16.5. The van der Waals surface area contributed by atoms with E-state index in [9.17, 15) is 9.59 Å². The van der Waals surface area contributed by atoms with E-state index in [1.165, 1.54) is 0 Å². The highest BCUT2D eigenvalue weighted by Crippen LogP contribution is 2.26. The number of fused-ring (bicyclic) bond motifs is 1. The number of piperazine rings is 1. The maximum atomic E-state index is 13.7. The van der Waals surface area contributed by atoms with Gasteiger partial charge in [0.15, 0.2) is 0 Å². The molecular weight excluding hydrogens is 440 g/mol. The molecule has 0 spiro atoms. The van der Waals surface area contributed by atoms with Crippen molar-refractivity contribution in [3.63, 3.8) is 0 Å². The standard InChI is InChI=1S/C28H36N4O3/c1-5-7-12-26(33)31-18-17-30(19-20(31)3)21(4)27-29-25-11-9-8-10-24(25)28(34)32(27)22-13-15-23(16-14-22)35-6-2/h8-11,13-16,20-21H,5-7,12,17-19H2,1-4H3. The molecule has 7 heteroatoms. The second kappa shape index (κ2) is 11.0. The molecule has 1 aliphatic rings. The molecule has 1 aromatic heterocycles. The first-order valence-electron chi connectivity index (χ1n) is 12.7. The number of ether oxygens (including phenoxy) is 1. The molecule has 0 radical (unpaired) electrons. The molecule has 2 heterocycles. The van der Waals surface area contributed by atoms with E-state index in [-0.39, 0.29) is 23.6 Å². The SMILES string of the molecule is CCCCC(=O)N1CCN(C(C)c2nc3ccccc3c(=O)n2-c2ccc(OCC)cc2)CC1C. The van der Waals surface area contributed by atoms with Crippen LogP contribution in [-0.2, 0) is 4.79 Å². The second-order valence-corrected chi connectivity index (χ2v) is 9.27. The fraction of sp³-hybridized carbons (Fsp3) is 0.464. The molecule has 2 aromatic carbocycles. The van der Waals surface area contributed by atoms with Crippen molar-refractivity contribution in [2.45, 2.75) is 59.0 Å². The molecular formula is C28H36N4O3. The Labute approximate surface area is 207 Å². The van der Waals surface area contributed by atoms with E-state index in [0.29, 0.717) is 36.3 Å². The Kier molecular flexibility index (Phi) is 7.86. The van der Waals surface area contributed by atoms with Gasteiger partial charge < -0.3 is 9.64 Å². The zero-order valence-corrected chi connectivity index (χ0v) is 21.2. The number of nitrogens with zero attached hydrogens (tertiary/aromatic N) is 4. The van der Waals surface area contributed by atoms with Crippen LogP contribution in [0.4, 0.5) is 0 Å². The summed E-state index contributed by atoms with van der Waals surface area (Å²) in [6.07, 6.45) is 2.56. The smallest absolute Gasteiger partial charge is 0.266 e. The maximum Gasteiger partial charge on any atom is 0.266 e. The van der Waals surface area contributed by atoms with Crippen molar-refractivity contribution in [2.75, 3.05) is 26.2 Å². The predicted molar refractivity (Wildman–Crippen MR) is 139 cm³/mol. The summed E-state index contributed by atoms with van der Waals surface area (Å²) in [5, 5.41) is 0.594. The van der Waals surface area contributed by atoms with Crippen LogP contribution in [0.2, 0.25) is 0 Å². The third-order valence-corrected chi connectivity index (χ3v) is 6.85. The number of para-hydroxylation sites is 1. The lowest BCUT2D eigenvalue weighted by Crippen LogP contribution is -2.54. The van der Waals surface area contributed by atoms with Crippen LogP contribution >= 0.6 is 0 Å². The summed E-state index contributed by atoms with van der Waals surface area (Å²) < 4.78 is 7.32. The topological polar surface area (TPSA) is 67.7 Å². The van der Waals surface area contributed by atoms with E-state index >= 15 is 0 Å². The lowest BCUT2D eigenvalue weighted by atomic mass is 10.1. The van der Waals surface area contributed by atoms with Crippen molar-refractivity contribution in [3.8, 4) is 11.4 Å². The molecule has 0 saturated carbocycles. The average molecular weight is 477 g/mol. The highest BCUT2D eigenvalue weighted by molar-refractivity contribution is 5.78. The lowest BCUT2D eigenvalue weighted by molar-refractivity contribution is -0.136. The van der Waals surface area contributed by atoms with E-state index in [1.54, 1.807) is 4.57 Å². The van der Waals surface area contributed by atoms with Crippen LogP contribution in [0, 0.1) is 0 Å². The summed E-state index contributed by atoms with van der Waals surface area (Å²) in [6.45, 7) is 11.0. The van der Waals surface area contributed by atoms with Crippen LogP contribution < -0.4 is 10.3 Å². The summed E-state index contributed by atoms with van der Waals surface area (Å²) in [4.78, 5) is 35.6. The maximum absolute atomic E-state index is 13.7. The average Bonchev–Trinajstić information content (AvgIpc) is 2.87. The number of unbranched alkanes of at least 4 members (excludes halogenated alkanes) is 1. The van der Waals surface area contributed by atoms with E-state index in [0.717, 1.165) is 37.4 Å². The van der Waals surface area contributed by atoms with Gasteiger partial charge in [0.25, 0.3) is 5.56 Å². The van der Waals surface area contributed by atoms with Gasteiger partial charge in [-0.2, -0.15) is 0 Å². The minimum absolute atomic E-state index is 0.0805. The zero-order chi connectivity index (χ0) is 24.9. The van der Waals surface area contributed by atoms with Crippen LogP contribution in [0.1, 0.15) is 58.8 Å². The summed E-state index contributed by atoms with van der Waals surface area (Å²) in [6, 6.07) is 15.1. The fourth-order valence-electron chi connectivity index (χ4n) is 4.88. The third-order valence-electron chi connectivity index (χ3n) is 6.85. The normalized spacial score (nSPS) is 17.5. The molecule has 0 bridgehead atoms. The Morgan fingerprint density at radius 1 is 1.11 bits per heavy atom. The number of carbonyl (C=O) groups excluding carboxylic acids is 1. The Bertz CT molecular complexity index is 1220. The first kappa shape index (κ1) is 24.9. The summed E-state index contributed by atoms with van der Waals surface area (Å²) in [5.74, 6) is 1.71. The van der Waals surface area contributed by atoms with Crippen molar-refractivity contribution in [3.05, 3.63) is 64.7 Å². The van der Waals surface area contributed by atoms with Gasteiger partial charge in [0.2, 0.25) is 5.91 Å². The van der Waals surface area contributed by atoms with Gasteiger partial charge in [0, 0.05) is 32.1 Å². The lowest BCUT2D eigenvalue weighted by Gasteiger charge is -2.42. The number of hydrogen-bond donors (Lipinski definition) is 0. The van der Waals surface area contributed by atoms with Crippen molar-refractivity contribution < 1.29 is 9.53 Å². The number of aromatic nitrogens is 2. The molecule has 0 N–H and O–H groups in total. The Morgan fingerprint density at radius 3 is 2.54 bits per heavy atom. The second-order valence-electron chi connectivity index (χ2n) is 9.27. The van der Waals surface area contributed by atoms with Gasteiger partial charge in [-0.25, -0.2) is 4.98 Å². The number of benzene rings is 2. The number of hydrogen-bond acceptors (Lipinski definition) is 5. The molecule has 1 fully saturated rings.